The maximum absolute atomic E-state index is 11.8. The second kappa shape index (κ2) is 5.07. The molecule has 1 aromatic heterocycles. The zero-order chi connectivity index (χ0) is 14.0. The van der Waals surface area contributed by atoms with Gasteiger partial charge in [-0.2, -0.15) is 0 Å². The normalized spacial score (nSPS) is 11.3. The molecule has 7 heteroatoms. The van der Waals surface area contributed by atoms with Crippen LogP contribution in [0.15, 0.2) is 46.1 Å². The van der Waals surface area contributed by atoms with E-state index in [0.717, 1.165) is 6.26 Å². The summed E-state index contributed by atoms with van der Waals surface area (Å²) in [6.07, 6.45) is 3.72. The minimum absolute atomic E-state index is 0.0286. The Morgan fingerprint density at radius 1 is 1.32 bits per heavy atom. The first-order valence-electron chi connectivity index (χ1n) is 5.21. The fourth-order valence-corrected chi connectivity index (χ4v) is 2.76. The molecule has 1 heterocycles. The third-order valence-corrected chi connectivity index (χ3v) is 3.95. The minimum Gasteiger partial charge on any atom is -0.472 e. The number of benzene rings is 1. The molecular weight excluding hydrogens is 290 g/mol. The molecule has 0 bridgehead atoms. The Hall–Kier alpha value is -1.79. The summed E-state index contributed by atoms with van der Waals surface area (Å²) in [5, 5.41) is 2.68. The van der Waals surface area contributed by atoms with Crippen LogP contribution in [0.4, 0.5) is 5.69 Å². The van der Waals surface area contributed by atoms with Crippen molar-refractivity contribution < 1.29 is 17.6 Å². The van der Waals surface area contributed by atoms with E-state index in [9.17, 15) is 13.2 Å². The number of amides is 1. The van der Waals surface area contributed by atoms with Crippen molar-refractivity contribution in [1.82, 2.24) is 0 Å². The molecule has 0 fully saturated rings. The molecule has 0 aliphatic heterocycles. The highest BCUT2D eigenvalue weighted by Gasteiger charge is 2.14. The highest BCUT2D eigenvalue weighted by Crippen LogP contribution is 2.25. The molecule has 0 saturated heterocycles. The maximum atomic E-state index is 11.8. The van der Waals surface area contributed by atoms with Crippen LogP contribution in [-0.4, -0.2) is 20.6 Å². The van der Waals surface area contributed by atoms with Gasteiger partial charge in [0.1, 0.15) is 6.26 Å². The van der Waals surface area contributed by atoms with Gasteiger partial charge in [0.2, 0.25) is 0 Å². The number of halogens is 1. The predicted molar refractivity (Wildman–Crippen MR) is 71.2 cm³/mol. The van der Waals surface area contributed by atoms with E-state index in [0.29, 0.717) is 11.3 Å². The van der Waals surface area contributed by atoms with Crippen LogP contribution in [0, 0.1) is 0 Å². The lowest BCUT2D eigenvalue weighted by Crippen LogP contribution is -2.11. The van der Waals surface area contributed by atoms with E-state index < -0.39 is 15.7 Å². The van der Waals surface area contributed by atoms with E-state index in [-0.39, 0.29) is 9.92 Å². The molecule has 1 amide bonds. The number of hydrogen-bond acceptors (Lipinski definition) is 4. The van der Waals surface area contributed by atoms with Gasteiger partial charge in [-0.05, 0) is 24.3 Å². The largest absolute Gasteiger partial charge is 0.472 e. The zero-order valence-electron chi connectivity index (χ0n) is 9.88. The number of hydrogen-bond donors (Lipinski definition) is 1. The Balaban J connectivity index is 2.30. The standard InChI is InChI=1S/C12H10ClNO4S/c1-19(16,17)11-6-9(2-3-10(11)13)14-12(15)8-4-5-18-7-8/h2-7H,1H3,(H,14,15). The number of carbonyl (C=O) groups is 1. The average molecular weight is 300 g/mol. The SMILES string of the molecule is CS(=O)(=O)c1cc(NC(=O)c2ccoc2)ccc1Cl. The van der Waals surface area contributed by atoms with E-state index in [2.05, 4.69) is 5.32 Å². The van der Waals surface area contributed by atoms with Gasteiger partial charge in [-0.1, -0.05) is 11.6 Å². The number of furan rings is 1. The first-order chi connectivity index (χ1) is 8.88. The summed E-state index contributed by atoms with van der Waals surface area (Å²) in [7, 11) is -3.45. The highest BCUT2D eigenvalue weighted by molar-refractivity contribution is 7.90. The summed E-state index contributed by atoms with van der Waals surface area (Å²) in [4.78, 5) is 11.7. The van der Waals surface area contributed by atoms with Crippen LogP contribution < -0.4 is 5.32 Å². The van der Waals surface area contributed by atoms with Crippen LogP contribution in [0.1, 0.15) is 10.4 Å². The summed E-state index contributed by atoms with van der Waals surface area (Å²) in [6.45, 7) is 0. The van der Waals surface area contributed by atoms with Crippen molar-refractivity contribution in [2.75, 3.05) is 11.6 Å². The van der Waals surface area contributed by atoms with Gasteiger partial charge in [0.15, 0.2) is 9.84 Å². The van der Waals surface area contributed by atoms with Gasteiger partial charge >= 0.3 is 0 Å². The molecule has 0 aliphatic carbocycles. The molecule has 0 unspecified atom stereocenters. The molecule has 1 N–H and O–H groups in total. The minimum atomic E-state index is -3.45. The predicted octanol–water partition coefficient (Wildman–Crippen LogP) is 2.59. The number of carbonyl (C=O) groups excluding carboxylic acids is 1. The Morgan fingerprint density at radius 3 is 2.63 bits per heavy atom. The van der Waals surface area contributed by atoms with Gasteiger partial charge in [0.25, 0.3) is 5.91 Å². The second-order valence-electron chi connectivity index (χ2n) is 3.88. The van der Waals surface area contributed by atoms with Crippen molar-refractivity contribution >= 4 is 33.0 Å². The van der Waals surface area contributed by atoms with E-state index in [1.54, 1.807) is 0 Å². The summed E-state index contributed by atoms with van der Waals surface area (Å²) in [5.41, 5.74) is 0.687. The smallest absolute Gasteiger partial charge is 0.258 e. The van der Waals surface area contributed by atoms with Gasteiger partial charge in [-0.25, -0.2) is 8.42 Å². The number of nitrogens with one attached hydrogen (secondary N) is 1. The lowest BCUT2D eigenvalue weighted by Gasteiger charge is -2.07. The van der Waals surface area contributed by atoms with Crippen LogP contribution in [-0.2, 0) is 9.84 Å². The van der Waals surface area contributed by atoms with Crippen LogP contribution >= 0.6 is 11.6 Å². The van der Waals surface area contributed by atoms with Crippen LogP contribution in [0.25, 0.3) is 0 Å². The molecule has 0 atom stereocenters. The van der Waals surface area contributed by atoms with Gasteiger partial charge < -0.3 is 9.73 Å². The summed E-state index contributed by atoms with van der Waals surface area (Å²) in [6, 6.07) is 5.76. The summed E-state index contributed by atoms with van der Waals surface area (Å²) < 4.78 is 27.8. The highest BCUT2D eigenvalue weighted by atomic mass is 35.5. The molecule has 2 aromatic rings. The van der Waals surface area contributed by atoms with E-state index in [1.165, 1.54) is 36.8 Å². The number of sulfone groups is 1. The van der Waals surface area contributed by atoms with Gasteiger partial charge in [0.05, 0.1) is 21.7 Å². The Labute approximate surface area is 115 Å². The van der Waals surface area contributed by atoms with E-state index in [4.69, 9.17) is 16.0 Å². The van der Waals surface area contributed by atoms with Crippen molar-refractivity contribution in [3.63, 3.8) is 0 Å². The third kappa shape index (κ3) is 3.15. The average Bonchev–Trinajstić information content (AvgIpc) is 2.83. The Kier molecular flexibility index (Phi) is 3.64. The van der Waals surface area contributed by atoms with Crippen molar-refractivity contribution in [2.45, 2.75) is 4.90 Å². The third-order valence-electron chi connectivity index (χ3n) is 2.37. The summed E-state index contributed by atoms with van der Waals surface area (Å²) >= 11 is 5.81. The lowest BCUT2D eigenvalue weighted by molar-refractivity contribution is 0.102. The van der Waals surface area contributed by atoms with Crippen LogP contribution in [0.5, 0.6) is 0 Å². The van der Waals surface area contributed by atoms with Crippen LogP contribution in [0.2, 0.25) is 5.02 Å². The van der Waals surface area contributed by atoms with Crippen molar-refractivity contribution in [3.8, 4) is 0 Å². The molecule has 100 valence electrons. The van der Waals surface area contributed by atoms with Gasteiger partial charge in [-0.15, -0.1) is 0 Å². The lowest BCUT2D eigenvalue weighted by atomic mass is 10.3. The Bertz CT molecular complexity index is 707. The van der Waals surface area contributed by atoms with Gasteiger partial charge in [-0.3, -0.25) is 4.79 Å². The number of rotatable bonds is 3. The first-order valence-corrected chi connectivity index (χ1v) is 7.48. The van der Waals surface area contributed by atoms with Gasteiger partial charge in [0, 0.05) is 11.9 Å². The molecule has 19 heavy (non-hydrogen) atoms. The van der Waals surface area contributed by atoms with E-state index >= 15 is 0 Å². The first kappa shape index (κ1) is 13.6. The van der Waals surface area contributed by atoms with Crippen LogP contribution in [0.3, 0.4) is 0 Å². The molecule has 2 rings (SSSR count). The molecule has 5 nitrogen and oxygen atoms in total. The van der Waals surface area contributed by atoms with Crippen molar-refractivity contribution in [2.24, 2.45) is 0 Å². The molecule has 0 spiro atoms. The molecular formula is C12H10ClNO4S. The molecule has 0 radical (unpaired) electrons. The number of anilines is 1. The van der Waals surface area contributed by atoms with E-state index in [1.807, 2.05) is 0 Å². The Morgan fingerprint density at radius 2 is 2.05 bits per heavy atom. The zero-order valence-corrected chi connectivity index (χ0v) is 11.5. The molecule has 0 saturated carbocycles. The molecule has 1 aromatic carbocycles. The maximum Gasteiger partial charge on any atom is 0.258 e. The molecule has 0 aliphatic rings. The fraction of sp³-hybridized carbons (Fsp3) is 0.0833. The quantitative estimate of drug-likeness (QED) is 0.945. The van der Waals surface area contributed by atoms with Crippen molar-refractivity contribution in [1.29, 1.82) is 0 Å². The monoisotopic (exact) mass is 299 g/mol. The fourth-order valence-electron chi connectivity index (χ4n) is 1.46. The van der Waals surface area contributed by atoms with Crippen molar-refractivity contribution in [3.05, 3.63) is 47.4 Å². The topological polar surface area (TPSA) is 76.4 Å². The second-order valence-corrected chi connectivity index (χ2v) is 6.27. The summed E-state index contributed by atoms with van der Waals surface area (Å²) in [5.74, 6) is -0.393.